The number of hydrogen-bond donors (Lipinski definition) is 3. The number of aromatic nitrogens is 1. The Balaban J connectivity index is 3.04. The Labute approximate surface area is 97.5 Å². The average Bonchev–Trinajstić information content (AvgIpc) is 2.28. The van der Waals surface area contributed by atoms with E-state index in [-0.39, 0.29) is 43.6 Å². The van der Waals surface area contributed by atoms with Gasteiger partial charge in [-0.1, -0.05) is 0 Å². The number of aliphatic hydroxyl groups is 2. The zero-order valence-corrected chi connectivity index (χ0v) is 9.11. The van der Waals surface area contributed by atoms with Crippen molar-refractivity contribution in [3.63, 3.8) is 0 Å². The molecule has 1 aromatic heterocycles. The van der Waals surface area contributed by atoms with Gasteiger partial charge in [0.05, 0.1) is 30.3 Å². The lowest BCUT2D eigenvalue weighted by molar-refractivity contribution is -0.384. The number of hydrogen-bond acceptors (Lipinski definition) is 7. The lowest BCUT2D eigenvalue weighted by Gasteiger charge is -2.21. The third-order valence-corrected chi connectivity index (χ3v) is 2.09. The van der Waals surface area contributed by atoms with Crippen molar-refractivity contribution in [2.24, 2.45) is 0 Å². The van der Waals surface area contributed by atoms with Crippen LogP contribution in [0.2, 0.25) is 0 Å². The zero-order chi connectivity index (χ0) is 12.8. The number of anilines is 2. The summed E-state index contributed by atoms with van der Waals surface area (Å²) in [6, 6.07) is 2.40. The summed E-state index contributed by atoms with van der Waals surface area (Å²) in [6.45, 7) is 0.136. The Morgan fingerprint density at radius 2 is 1.94 bits per heavy atom. The molecular formula is C9H14N4O4. The first-order valence-electron chi connectivity index (χ1n) is 4.97. The van der Waals surface area contributed by atoms with Gasteiger partial charge in [-0.05, 0) is 0 Å². The van der Waals surface area contributed by atoms with Crippen LogP contribution in [0.15, 0.2) is 12.1 Å². The van der Waals surface area contributed by atoms with Crippen LogP contribution in [0.25, 0.3) is 0 Å². The molecule has 0 aliphatic heterocycles. The highest BCUT2D eigenvalue weighted by atomic mass is 16.6. The molecule has 8 nitrogen and oxygen atoms in total. The van der Waals surface area contributed by atoms with Crippen molar-refractivity contribution in [3.05, 3.63) is 22.2 Å². The monoisotopic (exact) mass is 242 g/mol. The van der Waals surface area contributed by atoms with Crippen molar-refractivity contribution in [2.45, 2.75) is 0 Å². The normalized spacial score (nSPS) is 10.2. The molecule has 0 spiro atoms. The predicted octanol–water partition coefficient (Wildman–Crippen LogP) is -0.637. The first-order valence-corrected chi connectivity index (χ1v) is 4.97. The minimum Gasteiger partial charge on any atom is -0.395 e. The van der Waals surface area contributed by atoms with E-state index >= 15 is 0 Å². The maximum atomic E-state index is 10.6. The number of nitrogens with two attached hydrogens (primary N) is 1. The molecule has 1 aromatic rings. The summed E-state index contributed by atoms with van der Waals surface area (Å²) in [4.78, 5) is 15.5. The van der Waals surface area contributed by atoms with Crippen molar-refractivity contribution >= 4 is 17.3 Å². The Bertz CT molecular complexity index is 393. The molecule has 0 aliphatic rings. The van der Waals surface area contributed by atoms with Gasteiger partial charge in [-0.25, -0.2) is 4.98 Å². The van der Waals surface area contributed by atoms with Gasteiger partial charge < -0.3 is 20.8 Å². The molecule has 0 fully saturated rings. The van der Waals surface area contributed by atoms with Crippen LogP contribution in [0, 0.1) is 10.1 Å². The van der Waals surface area contributed by atoms with Crippen LogP contribution >= 0.6 is 0 Å². The first-order chi connectivity index (χ1) is 8.08. The topological polar surface area (TPSA) is 126 Å². The van der Waals surface area contributed by atoms with E-state index in [9.17, 15) is 10.1 Å². The maximum absolute atomic E-state index is 10.6. The van der Waals surface area contributed by atoms with E-state index < -0.39 is 4.92 Å². The molecule has 0 radical (unpaired) electrons. The fourth-order valence-corrected chi connectivity index (χ4v) is 1.37. The Kier molecular flexibility index (Phi) is 4.61. The second kappa shape index (κ2) is 5.97. The molecule has 0 atom stereocenters. The van der Waals surface area contributed by atoms with Crippen molar-refractivity contribution in [3.8, 4) is 0 Å². The highest BCUT2D eigenvalue weighted by Gasteiger charge is 2.14. The molecule has 0 saturated carbocycles. The van der Waals surface area contributed by atoms with Gasteiger partial charge in [-0.3, -0.25) is 10.1 Å². The number of rotatable bonds is 6. The number of nitrogen functional groups attached to an aromatic ring is 1. The summed E-state index contributed by atoms with van der Waals surface area (Å²) in [6.07, 6.45) is 0. The second-order valence-electron chi connectivity index (χ2n) is 3.30. The van der Waals surface area contributed by atoms with Crippen LogP contribution in [-0.4, -0.2) is 46.4 Å². The molecular weight excluding hydrogens is 228 g/mol. The van der Waals surface area contributed by atoms with Crippen molar-refractivity contribution in [1.29, 1.82) is 0 Å². The van der Waals surface area contributed by atoms with E-state index in [1.54, 1.807) is 0 Å². The van der Waals surface area contributed by atoms with Crippen LogP contribution in [0.3, 0.4) is 0 Å². The first kappa shape index (κ1) is 13.1. The van der Waals surface area contributed by atoms with Crippen molar-refractivity contribution < 1.29 is 15.1 Å². The Hall–Kier alpha value is -1.93. The van der Waals surface area contributed by atoms with Crippen molar-refractivity contribution in [2.75, 3.05) is 36.9 Å². The SMILES string of the molecule is Nc1cc([N+](=O)[O-])cc(N(CCO)CCO)n1. The maximum Gasteiger partial charge on any atom is 0.276 e. The van der Waals surface area contributed by atoms with E-state index in [4.69, 9.17) is 15.9 Å². The average molecular weight is 242 g/mol. The van der Waals surface area contributed by atoms with Crippen LogP contribution in [-0.2, 0) is 0 Å². The third-order valence-electron chi connectivity index (χ3n) is 2.09. The van der Waals surface area contributed by atoms with E-state index in [0.29, 0.717) is 0 Å². The molecule has 0 unspecified atom stereocenters. The van der Waals surface area contributed by atoms with Gasteiger partial charge in [-0.2, -0.15) is 0 Å². The van der Waals surface area contributed by atoms with E-state index in [1.807, 2.05) is 0 Å². The third kappa shape index (κ3) is 3.54. The molecule has 17 heavy (non-hydrogen) atoms. The molecule has 0 bridgehead atoms. The number of pyridine rings is 1. The summed E-state index contributed by atoms with van der Waals surface area (Å²) in [5.74, 6) is 0.287. The molecule has 0 aliphatic carbocycles. The van der Waals surface area contributed by atoms with Gasteiger partial charge in [0.1, 0.15) is 11.6 Å². The van der Waals surface area contributed by atoms with Crippen LogP contribution in [0.1, 0.15) is 0 Å². The number of nitrogens with zero attached hydrogens (tertiary/aromatic N) is 3. The lowest BCUT2D eigenvalue weighted by Crippen LogP contribution is -2.30. The molecule has 4 N–H and O–H groups in total. The van der Waals surface area contributed by atoms with Gasteiger partial charge in [0.25, 0.3) is 5.69 Å². The Morgan fingerprint density at radius 1 is 1.35 bits per heavy atom. The minimum absolute atomic E-state index is 0.0232. The summed E-state index contributed by atoms with van der Waals surface area (Å²) < 4.78 is 0. The van der Waals surface area contributed by atoms with Gasteiger partial charge in [0, 0.05) is 13.1 Å². The molecule has 8 heteroatoms. The highest BCUT2D eigenvalue weighted by Crippen LogP contribution is 2.21. The molecule has 0 amide bonds. The highest BCUT2D eigenvalue weighted by molar-refractivity contribution is 5.54. The minimum atomic E-state index is -0.572. The van der Waals surface area contributed by atoms with Gasteiger partial charge in [-0.15, -0.1) is 0 Å². The van der Waals surface area contributed by atoms with Gasteiger partial charge >= 0.3 is 0 Å². The standard InChI is InChI=1S/C9H14N4O4/c10-8-5-7(13(16)17)6-9(11-8)12(1-3-14)2-4-15/h5-6,14-15H,1-4H2,(H2,10,11). The van der Waals surface area contributed by atoms with Gasteiger partial charge in [0.15, 0.2) is 0 Å². The predicted molar refractivity (Wildman–Crippen MR) is 61.7 cm³/mol. The largest absolute Gasteiger partial charge is 0.395 e. The van der Waals surface area contributed by atoms with Crippen molar-refractivity contribution in [1.82, 2.24) is 4.98 Å². The number of aliphatic hydroxyl groups excluding tert-OH is 2. The molecule has 1 heterocycles. The fourth-order valence-electron chi connectivity index (χ4n) is 1.37. The van der Waals surface area contributed by atoms with E-state index in [2.05, 4.69) is 4.98 Å². The zero-order valence-electron chi connectivity index (χ0n) is 9.11. The summed E-state index contributed by atoms with van der Waals surface area (Å²) in [5, 5.41) is 28.4. The van der Waals surface area contributed by atoms with Crippen LogP contribution in [0.4, 0.5) is 17.3 Å². The molecule has 0 aromatic carbocycles. The summed E-state index contributed by atoms with van der Waals surface area (Å²) in [7, 11) is 0. The fraction of sp³-hybridized carbons (Fsp3) is 0.444. The van der Waals surface area contributed by atoms with E-state index in [1.165, 1.54) is 11.0 Å². The quantitative estimate of drug-likeness (QED) is 0.447. The van der Waals surface area contributed by atoms with Gasteiger partial charge in [0.2, 0.25) is 0 Å². The molecule has 0 saturated heterocycles. The smallest absolute Gasteiger partial charge is 0.276 e. The summed E-state index contributed by atoms with van der Waals surface area (Å²) >= 11 is 0. The summed E-state index contributed by atoms with van der Waals surface area (Å²) in [5.41, 5.74) is 5.29. The van der Waals surface area contributed by atoms with Crippen LogP contribution in [0.5, 0.6) is 0 Å². The Morgan fingerprint density at radius 3 is 2.41 bits per heavy atom. The second-order valence-corrected chi connectivity index (χ2v) is 3.30. The lowest BCUT2D eigenvalue weighted by atomic mass is 10.3. The number of nitro groups is 1. The van der Waals surface area contributed by atoms with E-state index in [0.717, 1.165) is 6.07 Å². The molecule has 1 rings (SSSR count). The molecule has 94 valence electrons. The van der Waals surface area contributed by atoms with Crippen LogP contribution < -0.4 is 10.6 Å².